The van der Waals surface area contributed by atoms with Crippen LogP contribution in [0.15, 0.2) is 24.3 Å². The summed E-state index contributed by atoms with van der Waals surface area (Å²) in [6.07, 6.45) is 3.77. The number of piperazine rings is 1. The number of amides is 2. The standard InChI is InChI=1S/C21H29N3O2/c1-16-3-2-4-19(15-16)22-11-13-24(14-12-22)21(26)18-7-9-23(10-8-18)20(25)17-5-6-17/h2-4,15,17-18H,5-14H2,1H3. The van der Waals surface area contributed by atoms with E-state index >= 15 is 0 Å². The van der Waals surface area contributed by atoms with Gasteiger partial charge < -0.3 is 14.7 Å². The molecule has 0 spiro atoms. The van der Waals surface area contributed by atoms with E-state index < -0.39 is 0 Å². The largest absolute Gasteiger partial charge is 0.368 e. The number of anilines is 1. The topological polar surface area (TPSA) is 43.9 Å². The number of carbonyl (C=O) groups excluding carboxylic acids is 2. The SMILES string of the molecule is Cc1cccc(N2CCN(C(=O)C3CCN(C(=O)C4CC4)CC3)CC2)c1. The highest BCUT2D eigenvalue weighted by atomic mass is 16.2. The molecule has 1 aliphatic carbocycles. The zero-order chi connectivity index (χ0) is 18.1. The molecule has 1 aromatic carbocycles. The fourth-order valence-electron chi connectivity index (χ4n) is 4.20. The lowest BCUT2D eigenvalue weighted by Crippen LogP contribution is -2.52. The zero-order valence-corrected chi connectivity index (χ0v) is 15.7. The van der Waals surface area contributed by atoms with Crippen molar-refractivity contribution in [1.82, 2.24) is 9.80 Å². The average molecular weight is 355 g/mol. The van der Waals surface area contributed by atoms with Crippen molar-refractivity contribution < 1.29 is 9.59 Å². The van der Waals surface area contributed by atoms with Gasteiger partial charge >= 0.3 is 0 Å². The van der Waals surface area contributed by atoms with Gasteiger partial charge in [-0.25, -0.2) is 0 Å². The number of rotatable bonds is 3. The minimum atomic E-state index is 0.101. The summed E-state index contributed by atoms with van der Waals surface area (Å²) in [5.74, 6) is 1.01. The Bertz CT molecular complexity index is 670. The van der Waals surface area contributed by atoms with Crippen molar-refractivity contribution in [3.63, 3.8) is 0 Å². The van der Waals surface area contributed by atoms with Gasteiger partial charge in [0.15, 0.2) is 0 Å². The molecular weight excluding hydrogens is 326 g/mol. The molecule has 0 unspecified atom stereocenters. The van der Waals surface area contributed by atoms with E-state index in [1.165, 1.54) is 11.3 Å². The molecule has 0 aromatic heterocycles. The van der Waals surface area contributed by atoms with E-state index in [-0.39, 0.29) is 11.8 Å². The maximum atomic E-state index is 12.9. The fraction of sp³-hybridized carbons (Fsp3) is 0.619. The molecule has 2 aliphatic heterocycles. The monoisotopic (exact) mass is 355 g/mol. The van der Waals surface area contributed by atoms with Gasteiger partial charge in [0.2, 0.25) is 11.8 Å². The van der Waals surface area contributed by atoms with Gasteiger partial charge in [-0.15, -0.1) is 0 Å². The summed E-state index contributed by atoms with van der Waals surface area (Å²) in [5, 5.41) is 0. The molecular formula is C21H29N3O2. The molecule has 2 saturated heterocycles. The van der Waals surface area contributed by atoms with Crippen molar-refractivity contribution in [3.8, 4) is 0 Å². The van der Waals surface area contributed by atoms with Gasteiger partial charge in [0.1, 0.15) is 0 Å². The van der Waals surface area contributed by atoms with Gasteiger partial charge in [-0.1, -0.05) is 12.1 Å². The molecule has 5 heteroatoms. The lowest BCUT2D eigenvalue weighted by molar-refractivity contribution is -0.141. The Morgan fingerprint density at radius 3 is 1.96 bits per heavy atom. The number of likely N-dealkylation sites (tertiary alicyclic amines) is 1. The first kappa shape index (κ1) is 17.4. The van der Waals surface area contributed by atoms with Gasteiger partial charge in [-0.3, -0.25) is 9.59 Å². The molecule has 5 nitrogen and oxygen atoms in total. The van der Waals surface area contributed by atoms with Crippen molar-refractivity contribution in [3.05, 3.63) is 29.8 Å². The molecule has 1 saturated carbocycles. The molecule has 2 amide bonds. The summed E-state index contributed by atoms with van der Waals surface area (Å²) in [4.78, 5) is 31.4. The number of hydrogen-bond donors (Lipinski definition) is 0. The maximum Gasteiger partial charge on any atom is 0.225 e. The minimum Gasteiger partial charge on any atom is -0.368 e. The normalized spacial score (nSPS) is 21.8. The number of nitrogens with zero attached hydrogens (tertiary/aromatic N) is 3. The summed E-state index contributed by atoms with van der Waals surface area (Å²) in [6.45, 7) is 7.03. The van der Waals surface area contributed by atoms with E-state index in [2.05, 4.69) is 36.1 Å². The second-order valence-electron chi connectivity index (χ2n) is 8.03. The van der Waals surface area contributed by atoms with E-state index in [0.717, 1.165) is 65.0 Å². The van der Waals surface area contributed by atoms with E-state index in [4.69, 9.17) is 0 Å². The Balaban J connectivity index is 1.27. The first-order chi connectivity index (χ1) is 12.6. The first-order valence-corrected chi connectivity index (χ1v) is 10.0. The van der Waals surface area contributed by atoms with Crippen molar-refractivity contribution >= 4 is 17.5 Å². The molecule has 4 rings (SSSR count). The molecule has 140 valence electrons. The van der Waals surface area contributed by atoms with Crippen molar-refractivity contribution in [2.75, 3.05) is 44.2 Å². The van der Waals surface area contributed by atoms with Gasteiger partial charge in [-0.05, 0) is 50.3 Å². The van der Waals surface area contributed by atoms with Crippen LogP contribution < -0.4 is 4.90 Å². The second kappa shape index (κ2) is 7.29. The summed E-state index contributed by atoms with van der Waals surface area (Å²) in [5.41, 5.74) is 2.53. The molecule has 2 heterocycles. The number of piperidine rings is 1. The van der Waals surface area contributed by atoms with Gasteiger partial charge in [0, 0.05) is 56.8 Å². The molecule has 0 atom stereocenters. The van der Waals surface area contributed by atoms with E-state index in [9.17, 15) is 9.59 Å². The van der Waals surface area contributed by atoms with Crippen LogP contribution in [0.5, 0.6) is 0 Å². The third kappa shape index (κ3) is 3.71. The van der Waals surface area contributed by atoms with Crippen LogP contribution in [0.1, 0.15) is 31.2 Å². The highest BCUT2D eigenvalue weighted by Crippen LogP contribution is 2.32. The number of benzene rings is 1. The fourth-order valence-corrected chi connectivity index (χ4v) is 4.20. The molecule has 3 fully saturated rings. The van der Waals surface area contributed by atoms with Crippen LogP contribution in [0.3, 0.4) is 0 Å². The summed E-state index contributed by atoms with van der Waals surface area (Å²) in [7, 11) is 0. The van der Waals surface area contributed by atoms with Gasteiger partial charge in [0.05, 0.1) is 0 Å². The van der Waals surface area contributed by atoms with E-state index in [0.29, 0.717) is 11.8 Å². The number of carbonyl (C=O) groups is 2. The summed E-state index contributed by atoms with van der Waals surface area (Å²) in [6, 6.07) is 8.57. The first-order valence-electron chi connectivity index (χ1n) is 10.0. The Labute approximate surface area is 155 Å². The molecule has 0 N–H and O–H groups in total. The molecule has 3 aliphatic rings. The predicted molar refractivity (Wildman–Crippen MR) is 102 cm³/mol. The third-order valence-electron chi connectivity index (χ3n) is 6.04. The van der Waals surface area contributed by atoms with Crippen molar-refractivity contribution in [2.45, 2.75) is 32.6 Å². The number of aryl methyl sites for hydroxylation is 1. The van der Waals surface area contributed by atoms with Crippen molar-refractivity contribution in [2.24, 2.45) is 11.8 Å². The zero-order valence-electron chi connectivity index (χ0n) is 15.7. The maximum absolute atomic E-state index is 12.9. The quantitative estimate of drug-likeness (QED) is 0.836. The smallest absolute Gasteiger partial charge is 0.225 e. The Morgan fingerprint density at radius 2 is 1.38 bits per heavy atom. The third-order valence-corrected chi connectivity index (χ3v) is 6.04. The lowest BCUT2D eigenvalue weighted by atomic mass is 9.94. The van der Waals surface area contributed by atoms with Crippen molar-refractivity contribution in [1.29, 1.82) is 0 Å². The van der Waals surface area contributed by atoms with Crippen LogP contribution in [0.4, 0.5) is 5.69 Å². The van der Waals surface area contributed by atoms with Gasteiger partial charge in [-0.2, -0.15) is 0 Å². The summed E-state index contributed by atoms with van der Waals surface area (Å²) < 4.78 is 0. The van der Waals surface area contributed by atoms with Crippen LogP contribution in [0, 0.1) is 18.8 Å². The van der Waals surface area contributed by atoms with Crippen LogP contribution in [-0.4, -0.2) is 60.9 Å². The highest BCUT2D eigenvalue weighted by molar-refractivity contribution is 5.82. The Kier molecular flexibility index (Phi) is 4.88. The number of hydrogen-bond acceptors (Lipinski definition) is 3. The highest BCUT2D eigenvalue weighted by Gasteiger charge is 2.37. The molecule has 26 heavy (non-hydrogen) atoms. The predicted octanol–water partition coefficient (Wildman–Crippen LogP) is 2.29. The lowest BCUT2D eigenvalue weighted by Gasteiger charge is -2.39. The Morgan fingerprint density at radius 1 is 0.808 bits per heavy atom. The summed E-state index contributed by atoms with van der Waals surface area (Å²) >= 11 is 0. The average Bonchev–Trinajstić information content (AvgIpc) is 3.52. The minimum absolute atomic E-state index is 0.101. The van der Waals surface area contributed by atoms with Gasteiger partial charge in [0.25, 0.3) is 0 Å². The van der Waals surface area contributed by atoms with E-state index in [1.807, 2.05) is 9.80 Å². The Hall–Kier alpha value is -2.04. The van der Waals surface area contributed by atoms with Crippen LogP contribution >= 0.6 is 0 Å². The molecule has 1 aromatic rings. The van der Waals surface area contributed by atoms with E-state index in [1.54, 1.807) is 0 Å². The van der Waals surface area contributed by atoms with Crippen LogP contribution in [-0.2, 0) is 9.59 Å². The molecule has 0 radical (unpaired) electrons. The van der Waals surface area contributed by atoms with Crippen LogP contribution in [0.2, 0.25) is 0 Å². The second-order valence-corrected chi connectivity index (χ2v) is 8.03. The molecule has 0 bridgehead atoms. The van der Waals surface area contributed by atoms with Crippen LogP contribution in [0.25, 0.3) is 0 Å².